The number of anilines is 1. The molecule has 2 aliphatic rings. The lowest BCUT2D eigenvalue weighted by atomic mass is 10.1. The second kappa shape index (κ2) is 7.08. The standard InChI is InChI=1S/C19H21N5O/c20-13-23-10-17-18(11-23)21-14-22-19(17)24-8-6-16(7-9-24)25-12-15-4-2-1-3-5-15/h1-5,14,16H,6-12H2. The van der Waals surface area contributed by atoms with E-state index in [4.69, 9.17) is 10.00 Å². The monoisotopic (exact) mass is 335 g/mol. The average Bonchev–Trinajstić information content (AvgIpc) is 3.11. The van der Waals surface area contributed by atoms with E-state index in [0.29, 0.717) is 25.8 Å². The summed E-state index contributed by atoms with van der Waals surface area (Å²) in [4.78, 5) is 12.9. The third kappa shape index (κ3) is 3.42. The molecule has 0 aliphatic carbocycles. The fraction of sp³-hybridized carbons (Fsp3) is 0.421. The van der Waals surface area contributed by atoms with Crippen LogP contribution in [0.15, 0.2) is 36.7 Å². The van der Waals surface area contributed by atoms with Crippen LogP contribution in [-0.2, 0) is 24.4 Å². The van der Waals surface area contributed by atoms with Crippen molar-refractivity contribution in [2.75, 3.05) is 18.0 Å². The van der Waals surface area contributed by atoms with E-state index >= 15 is 0 Å². The Kier molecular flexibility index (Phi) is 4.49. The Labute approximate surface area is 147 Å². The van der Waals surface area contributed by atoms with Crippen molar-refractivity contribution in [2.24, 2.45) is 0 Å². The zero-order chi connectivity index (χ0) is 17.1. The highest BCUT2D eigenvalue weighted by molar-refractivity contribution is 5.50. The summed E-state index contributed by atoms with van der Waals surface area (Å²) in [5.74, 6) is 0.990. The van der Waals surface area contributed by atoms with E-state index in [1.165, 1.54) is 5.56 Å². The number of hydrogen-bond donors (Lipinski definition) is 0. The van der Waals surface area contributed by atoms with E-state index in [2.05, 4.69) is 33.2 Å². The maximum atomic E-state index is 9.12. The molecule has 0 bridgehead atoms. The van der Waals surface area contributed by atoms with E-state index in [1.54, 1.807) is 11.2 Å². The van der Waals surface area contributed by atoms with Gasteiger partial charge in [-0.1, -0.05) is 30.3 Å². The molecule has 0 spiro atoms. The lowest BCUT2D eigenvalue weighted by Gasteiger charge is -2.33. The minimum absolute atomic E-state index is 0.293. The first kappa shape index (κ1) is 15.9. The summed E-state index contributed by atoms with van der Waals surface area (Å²) in [7, 11) is 0. The van der Waals surface area contributed by atoms with Gasteiger partial charge in [-0.15, -0.1) is 0 Å². The third-order valence-electron chi connectivity index (χ3n) is 4.91. The van der Waals surface area contributed by atoms with Gasteiger partial charge in [0, 0.05) is 18.7 Å². The first-order chi connectivity index (χ1) is 12.3. The Morgan fingerprint density at radius 1 is 1.12 bits per heavy atom. The number of ether oxygens (including phenoxy) is 1. The zero-order valence-electron chi connectivity index (χ0n) is 14.1. The molecule has 0 N–H and O–H groups in total. The van der Waals surface area contributed by atoms with E-state index < -0.39 is 0 Å². The van der Waals surface area contributed by atoms with Gasteiger partial charge in [-0.25, -0.2) is 9.97 Å². The van der Waals surface area contributed by atoms with Crippen LogP contribution in [0.1, 0.15) is 29.7 Å². The second-order valence-corrected chi connectivity index (χ2v) is 6.56. The van der Waals surface area contributed by atoms with Crippen LogP contribution >= 0.6 is 0 Å². The first-order valence-electron chi connectivity index (χ1n) is 8.71. The molecule has 0 atom stereocenters. The van der Waals surface area contributed by atoms with Gasteiger partial charge in [-0.2, -0.15) is 5.26 Å². The van der Waals surface area contributed by atoms with Crippen molar-refractivity contribution in [1.82, 2.24) is 14.9 Å². The molecule has 0 saturated carbocycles. The molecule has 1 saturated heterocycles. The molecule has 4 rings (SSSR count). The minimum Gasteiger partial charge on any atom is -0.373 e. The van der Waals surface area contributed by atoms with E-state index in [0.717, 1.165) is 43.0 Å². The number of nitrogens with zero attached hydrogens (tertiary/aromatic N) is 5. The summed E-state index contributed by atoms with van der Waals surface area (Å²) in [6, 6.07) is 10.3. The van der Waals surface area contributed by atoms with Gasteiger partial charge in [0.15, 0.2) is 6.19 Å². The maximum absolute atomic E-state index is 9.12. The molecule has 128 valence electrons. The predicted octanol–water partition coefficient (Wildman–Crippen LogP) is 2.46. The molecule has 3 heterocycles. The van der Waals surface area contributed by atoms with Gasteiger partial charge < -0.3 is 14.5 Å². The van der Waals surface area contributed by atoms with Crippen molar-refractivity contribution in [3.63, 3.8) is 0 Å². The van der Waals surface area contributed by atoms with Gasteiger partial charge in [0.25, 0.3) is 0 Å². The van der Waals surface area contributed by atoms with Gasteiger partial charge in [-0.3, -0.25) is 0 Å². The number of benzene rings is 1. The molecule has 1 aromatic heterocycles. The molecule has 6 nitrogen and oxygen atoms in total. The number of rotatable bonds is 4. The van der Waals surface area contributed by atoms with Crippen LogP contribution in [-0.4, -0.2) is 34.1 Å². The van der Waals surface area contributed by atoms with Crippen molar-refractivity contribution >= 4 is 5.82 Å². The highest BCUT2D eigenvalue weighted by Gasteiger charge is 2.28. The van der Waals surface area contributed by atoms with Crippen molar-refractivity contribution in [3.05, 3.63) is 53.5 Å². The summed E-state index contributed by atoms with van der Waals surface area (Å²) in [6.07, 6.45) is 6.11. The summed E-state index contributed by atoms with van der Waals surface area (Å²) < 4.78 is 6.07. The fourth-order valence-electron chi connectivity index (χ4n) is 3.53. The van der Waals surface area contributed by atoms with Crippen LogP contribution in [0.3, 0.4) is 0 Å². The summed E-state index contributed by atoms with van der Waals surface area (Å²) in [5, 5.41) is 9.12. The van der Waals surface area contributed by atoms with Gasteiger partial charge >= 0.3 is 0 Å². The Morgan fingerprint density at radius 2 is 1.92 bits per heavy atom. The smallest absolute Gasteiger partial charge is 0.180 e. The van der Waals surface area contributed by atoms with Gasteiger partial charge in [0.1, 0.15) is 12.1 Å². The molecule has 0 radical (unpaired) electrons. The van der Waals surface area contributed by atoms with Crippen LogP contribution in [0.5, 0.6) is 0 Å². The first-order valence-corrected chi connectivity index (χ1v) is 8.71. The zero-order valence-corrected chi connectivity index (χ0v) is 14.1. The lowest BCUT2D eigenvalue weighted by Crippen LogP contribution is -2.38. The Bertz CT molecular complexity index is 765. The number of nitriles is 1. The van der Waals surface area contributed by atoms with Crippen LogP contribution in [0.25, 0.3) is 0 Å². The highest BCUT2D eigenvalue weighted by Crippen LogP contribution is 2.30. The molecule has 2 aliphatic heterocycles. The Hall–Kier alpha value is -2.65. The number of piperidine rings is 1. The third-order valence-corrected chi connectivity index (χ3v) is 4.91. The topological polar surface area (TPSA) is 65.3 Å². The molecule has 6 heteroatoms. The fourth-order valence-corrected chi connectivity index (χ4v) is 3.53. The molecule has 0 unspecified atom stereocenters. The Balaban J connectivity index is 1.36. The van der Waals surface area contributed by atoms with Crippen molar-refractivity contribution in [1.29, 1.82) is 5.26 Å². The van der Waals surface area contributed by atoms with Crippen molar-refractivity contribution in [3.8, 4) is 6.19 Å². The largest absolute Gasteiger partial charge is 0.373 e. The SMILES string of the molecule is N#CN1Cc2ncnc(N3CCC(OCc4ccccc4)CC3)c2C1. The number of fused-ring (bicyclic) bond motifs is 1. The molecule has 25 heavy (non-hydrogen) atoms. The number of aromatic nitrogens is 2. The van der Waals surface area contributed by atoms with Crippen LogP contribution in [0, 0.1) is 11.5 Å². The number of hydrogen-bond acceptors (Lipinski definition) is 6. The molecular weight excluding hydrogens is 314 g/mol. The normalized spacial score (nSPS) is 17.4. The summed E-state index contributed by atoms with van der Waals surface area (Å²) in [5.41, 5.74) is 3.30. The molecular formula is C19H21N5O. The highest BCUT2D eigenvalue weighted by atomic mass is 16.5. The van der Waals surface area contributed by atoms with Crippen LogP contribution < -0.4 is 4.90 Å². The van der Waals surface area contributed by atoms with Crippen LogP contribution in [0.4, 0.5) is 5.82 Å². The van der Waals surface area contributed by atoms with E-state index in [1.807, 2.05) is 18.2 Å². The summed E-state index contributed by atoms with van der Waals surface area (Å²) in [6.45, 7) is 3.74. The average molecular weight is 335 g/mol. The van der Waals surface area contributed by atoms with Gasteiger partial charge in [0.2, 0.25) is 0 Å². The Morgan fingerprint density at radius 3 is 2.68 bits per heavy atom. The maximum Gasteiger partial charge on any atom is 0.180 e. The van der Waals surface area contributed by atoms with Crippen molar-refractivity contribution in [2.45, 2.75) is 38.6 Å². The van der Waals surface area contributed by atoms with Crippen LogP contribution in [0.2, 0.25) is 0 Å². The molecule has 1 aromatic carbocycles. The quantitative estimate of drug-likeness (QED) is 0.800. The van der Waals surface area contributed by atoms with E-state index in [-0.39, 0.29) is 0 Å². The van der Waals surface area contributed by atoms with Gasteiger partial charge in [-0.05, 0) is 18.4 Å². The minimum atomic E-state index is 0.293. The molecule has 0 amide bonds. The summed E-state index contributed by atoms with van der Waals surface area (Å²) >= 11 is 0. The molecule has 1 fully saturated rings. The van der Waals surface area contributed by atoms with Crippen molar-refractivity contribution < 1.29 is 4.74 Å². The predicted molar refractivity (Wildman–Crippen MR) is 93.4 cm³/mol. The second-order valence-electron chi connectivity index (χ2n) is 6.56. The van der Waals surface area contributed by atoms with E-state index in [9.17, 15) is 0 Å². The molecule has 2 aromatic rings. The lowest BCUT2D eigenvalue weighted by molar-refractivity contribution is 0.0250. The van der Waals surface area contributed by atoms with Gasteiger partial charge in [0.05, 0.1) is 31.5 Å².